The monoisotopic (exact) mass is 279 g/mol. The van der Waals surface area contributed by atoms with Crippen molar-refractivity contribution in [3.05, 3.63) is 56.2 Å². The molecule has 1 aromatic carbocycles. The molecule has 2 rings (SSSR count). The second kappa shape index (κ2) is 5.87. The number of aryl methyl sites for hydroxylation is 2. The van der Waals surface area contributed by atoms with Crippen LogP contribution in [0, 0.1) is 13.8 Å². The van der Waals surface area contributed by atoms with Gasteiger partial charge in [0.2, 0.25) is 0 Å². The lowest BCUT2D eigenvalue weighted by Gasteiger charge is -2.14. The zero-order chi connectivity index (χ0) is 13.1. The fraction of sp³-hybridized carbons (Fsp3) is 0.333. The number of hydrogen-bond donors (Lipinski definition) is 1. The lowest BCUT2D eigenvalue weighted by Crippen LogP contribution is -2.18. The van der Waals surface area contributed by atoms with E-state index in [1.54, 1.807) is 0 Å². The predicted molar refractivity (Wildman–Crippen MR) is 80.5 cm³/mol. The average molecular weight is 280 g/mol. The van der Waals surface area contributed by atoms with E-state index in [2.05, 4.69) is 44.3 Å². The van der Waals surface area contributed by atoms with E-state index in [1.165, 1.54) is 20.9 Å². The fourth-order valence-corrected chi connectivity index (χ4v) is 3.06. The summed E-state index contributed by atoms with van der Waals surface area (Å²) < 4.78 is 0. The summed E-state index contributed by atoms with van der Waals surface area (Å²) in [5.41, 5.74) is 2.67. The smallest absolute Gasteiger partial charge is 0.0406 e. The molecule has 0 aliphatic heterocycles. The van der Waals surface area contributed by atoms with Gasteiger partial charge in [-0.05, 0) is 50.1 Å². The number of benzene rings is 1. The van der Waals surface area contributed by atoms with Gasteiger partial charge in [0.15, 0.2) is 0 Å². The molecule has 0 amide bonds. The van der Waals surface area contributed by atoms with Crippen LogP contribution in [0.25, 0.3) is 0 Å². The third-order valence-electron chi connectivity index (χ3n) is 3.11. The highest BCUT2D eigenvalue weighted by molar-refractivity contribution is 7.12. The predicted octanol–water partition coefficient (Wildman–Crippen LogP) is 4.87. The van der Waals surface area contributed by atoms with Crippen molar-refractivity contribution in [1.29, 1.82) is 0 Å². The van der Waals surface area contributed by atoms with Crippen LogP contribution in [0.5, 0.6) is 0 Å². The van der Waals surface area contributed by atoms with Gasteiger partial charge in [-0.2, -0.15) is 0 Å². The molecule has 0 radical (unpaired) electrons. The molecule has 0 unspecified atom stereocenters. The molecular weight excluding hydrogens is 262 g/mol. The van der Waals surface area contributed by atoms with Gasteiger partial charge in [0.1, 0.15) is 0 Å². The topological polar surface area (TPSA) is 12.0 Å². The van der Waals surface area contributed by atoms with Crippen molar-refractivity contribution in [1.82, 2.24) is 5.32 Å². The molecule has 0 aliphatic rings. The number of thiophene rings is 1. The Morgan fingerprint density at radius 1 is 1.22 bits per heavy atom. The van der Waals surface area contributed by atoms with E-state index in [-0.39, 0.29) is 0 Å². The van der Waals surface area contributed by atoms with Crippen LogP contribution in [0.4, 0.5) is 0 Å². The Hall–Kier alpha value is -0.830. The fourth-order valence-electron chi connectivity index (χ4n) is 1.99. The maximum absolute atomic E-state index is 5.89. The summed E-state index contributed by atoms with van der Waals surface area (Å²) >= 11 is 7.76. The van der Waals surface area contributed by atoms with Crippen LogP contribution in [-0.2, 0) is 6.54 Å². The Morgan fingerprint density at radius 3 is 2.44 bits per heavy atom. The minimum atomic E-state index is 0.335. The standard InChI is InChI=1S/C15H18ClNS/c1-10-8-14(12(3)18-10)9-17-11(2)13-4-6-15(16)7-5-13/h4-8,11,17H,9H2,1-3H3/t11-/m1/s1. The molecule has 0 saturated heterocycles. The summed E-state index contributed by atoms with van der Waals surface area (Å²) in [6.45, 7) is 7.43. The molecule has 0 fully saturated rings. The van der Waals surface area contributed by atoms with E-state index in [0.717, 1.165) is 11.6 Å². The maximum atomic E-state index is 5.89. The van der Waals surface area contributed by atoms with Crippen molar-refractivity contribution in [3.8, 4) is 0 Å². The molecule has 0 spiro atoms. The van der Waals surface area contributed by atoms with Crippen molar-refractivity contribution in [3.63, 3.8) is 0 Å². The highest BCUT2D eigenvalue weighted by Gasteiger charge is 2.07. The minimum absolute atomic E-state index is 0.335. The van der Waals surface area contributed by atoms with Gasteiger partial charge >= 0.3 is 0 Å². The van der Waals surface area contributed by atoms with Crippen molar-refractivity contribution >= 4 is 22.9 Å². The molecule has 0 saturated carbocycles. The van der Waals surface area contributed by atoms with Crippen LogP contribution >= 0.6 is 22.9 Å². The summed E-state index contributed by atoms with van der Waals surface area (Å²) in [5, 5.41) is 4.34. The van der Waals surface area contributed by atoms with Gasteiger partial charge in [-0.3, -0.25) is 0 Å². The molecule has 1 aromatic heterocycles. The molecule has 0 bridgehead atoms. The molecular formula is C15H18ClNS. The average Bonchev–Trinajstić information content (AvgIpc) is 2.66. The number of nitrogens with one attached hydrogen (secondary N) is 1. The summed E-state index contributed by atoms with van der Waals surface area (Å²) in [6, 6.07) is 10.6. The van der Waals surface area contributed by atoms with Crippen LogP contribution in [0.15, 0.2) is 30.3 Å². The van der Waals surface area contributed by atoms with E-state index in [9.17, 15) is 0 Å². The molecule has 2 aromatic rings. The summed E-state index contributed by atoms with van der Waals surface area (Å²) in [6.07, 6.45) is 0. The van der Waals surface area contributed by atoms with Crippen molar-refractivity contribution in [2.45, 2.75) is 33.4 Å². The molecule has 3 heteroatoms. The van der Waals surface area contributed by atoms with Crippen LogP contribution in [0.1, 0.15) is 33.8 Å². The lowest BCUT2D eigenvalue weighted by molar-refractivity contribution is 0.574. The Bertz CT molecular complexity index is 516. The number of hydrogen-bond acceptors (Lipinski definition) is 2. The molecule has 1 N–H and O–H groups in total. The Labute approximate surface area is 118 Å². The van der Waals surface area contributed by atoms with Gasteiger partial charge in [0.25, 0.3) is 0 Å². The van der Waals surface area contributed by atoms with Crippen LogP contribution < -0.4 is 5.32 Å². The first-order valence-corrected chi connectivity index (χ1v) is 7.30. The molecule has 1 atom stereocenters. The second-order valence-electron chi connectivity index (χ2n) is 4.59. The summed E-state index contributed by atoms with van der Waals surface area (Å²) in [4.78, 5) is 2.78. The number of halogens is 1. The van der Waals surface area contributed by atoms with Crippen molar-refractivity contribution in [2.24, 2.45) is 0 Å². The summed E-state index contributed by atoms with van der Waals surface area (Å²) in [7, 11) is 0. The van der Waals surface area contributed by atoms with E-state index in [0.29, 0.717) is 6.04 Å². The SMILES string of the molecule is Cc1cc(CN[C@H](C)c2ccc(Cl)cc2)c(C)s1. The first-order valence-electron chi connectivity index (χ1n) is 6.11. The Balaban J connectivity index is 1.98. The zero-order valence-corrected chi connectivity index (χ0v) is 12.5. The van der Waals surface area contributed by atoms with Crippen LogP contribution in [0.2, 0.25) is 5.02 Å². The molecule has 18 heavy (non-hydrogen) atoms. The van der Waals surface area contributed by atoms with Gasteiger partial charge in [-0.1, -0.05) is 23.7 Å². The Morgan fingerprint density at radius 2 is 1.89 bits per heavy atom. The maximum Gasteiger partial charge on any atom is 0.0406 e. The van der Waals surface area contributed by atoms with E-state index in [1.807, 2.05) is 23.5 Å². The van der Waals surface area contributed by atoms with E-state index >= 15 is 0 Å². The van der Waals surface area contributed by atoms with Gasteiger partial charge in [0, 0.05) is 27.4 Å². The van der Waals surface area contributed by atoms with E-state index < -0.39 is 0 Å². The van der Waals surface area contributed by atoms with Crippen LogP contribution in [-0.4, -0.2) is 0 Å². The lowest BCUT2D eigenvalue weighted by atomic mass is 10.1. The third kappa shape index (κ3) is 3.35. The Kier molecular flexibility index (Phi) is 4.44. The minimum Gasteiger partial charge on any atom is -0.306 e. The quantitative estimate of drug-likeness (QED) is 0.842. The zero-order valence-electron chi connectivity index (χ0n) is 11.0. The first-order chi connectivity index (χ1) is 8.56. The molecule has 0 aliphatic carbocycles. The number of rotatable bonds is 4. The van der Waals surface area contributed by atoms with Gasteiger partial charge in [-0.25, -0.2) is 0 Å². The first kappa shape index (κ1) is 13.6. The highest BCUT2D eigenvalue weighted by atomic mass is 35.5. The third-order valence-corrected chi connectivity index (χ3v) is 4.37. The van der Waals surface area contributed by atoms with Gasteiger partial charge in [-0.15, -0.1) is 11.3 Å². The van der Waals surface area contributed by atoms with Crippen LogP contribution in [0.3, 0.4) is 0 Å². The second-order valence-corrected chi connectivity index (χ2v) is 6.49. The molecule has 1 nitrogen and oxygen atoms in total. The largest absolute Gasteiger partial charge is 0.306 e. The normalized spacial score (nSPS) is 12.7. The summed E-state index contributed by atoms with van der Waals surface area (Å²) in [5.74, 6) is 0. The molecule has 1 heterocycles. The van der Waals surface area contributed by atoms with Gasteiger partial charge in [0.05, 0.1) is 0 Å². The van der Waals surface area contributed by atoms with Crippen molar-refractivity contribution < 1.29 is 0 Å². The molecule has 96 valence electrons. The van der Waals surface area contributed by atoms with Crippen molar-refractivity contribution in [2.75, 3.05) is 0 Å². The highest BCUT2D eigenvalue weighted by Crippen LogP contribution is 2.22. The van der Waals surface area contributed by atoms with E-state index in [4.69, 9.17) is 11.6 Å². The van der Waals surface area contributed by atoms with Gasteiger partial charge < -0.3 is 5.32 Å².